The molecular weight excluding hydrogens is 374 g/mol. The molecule has 1 heteroatoms. The van der Waals surface area contributed by atoms with Crippen molar-refractivity contribution in [2.75, 3.05) is 0 Å². The fourth-order valence-corrected chi connectivity index (χ4v) is 4.94. The zero-order valence-corrected chi connectivity index (χ0v) is 17.3. The van der Waals surface area contributed by atoms with Gasteiger partial charge in [0.1, 0.15) is 0 Å². The topological polar surface area (TPSA) is 15.8 Å². The summed E-state index contributed by atoms with van der Waals surface area (Å²) in [5, 5.41) is 1.30. The number of allylic oxidation sites excluding steroid dienone is 2. The number of H-pyrrole nitrogens is 1. The molecule has 1 heterocycles. The van der Waals surface area contributed by atoms with Gasteiger partial charge in [0.2, 0.25) is 0 Å². The molecule has 0 saturated heterocycles. The van der Waals surface area contributed by atoms with E-state index in [1.807, 2.05) is 0 Å². The minimum absolute atomic E-state index is 0.199. The number of aromatic amines is 1. The van der Waals surface area contributed by atoms with E-state index < -0.39 is 0 Å². The smallest absolute Gasteiger partial charge is 0.0457 e. The first-order valence-corrected chi connectivity index (χ1v) is 10.9. The molecule has 0 saturated carbocycles. The average molecular weight is 398 g/mol. The highest BCUT2D eigenvalue weighted by Crippen LogP contribution is 2.44. The molecule has 4 aromatic carbocycles. The van der Waals surface area contributed by atoms with Gasteiger partial charge >= 0.3 is 0 Å². The number of rotatable bonds is 4. The van der Waals surface area contributed by atoms with Crippen molar-refractivity contribution in [3.8, 4) is 11.1 Å². The van der Waals surface area contributed by atoms with Crippen LogP contribution in [0.1, 0.15) is 28.2 Å². The second-order valence-electron chi connectivity index (χ2n) is 8.23. The Hall–Kier alpha value is -3.84. The molecule has 0 spiro atoms. The zero-order chi connectivity index (χ0) is 20.6. The summed E-state index contributed by atoms with van der Waals surface area (Å²) < 4.78 is 0. The molecule has 5 aromatic rings. The minimum Gasteiger partial charge on any atom is -0.361 e. The van der Waals surface area contributed by atoms with Gasteiger partial charge in [-0.05, 0) is 51.4 Å². The molecule has 148 valence electrons. The maximum absolute atomic E-state index is 3.50. The summed E-state index contributed by atoms with van der Waals surface area (Å²) >= 11 is 0. The highest BCUT2D eigenvalue weighted by molar-refractivity contribution is 5.90. The first kappa shape index (κ1) is 18.0. The van der Waals surface area contributed by atoms with Crippen LogP contribution in [0.5, 0.6) is 0 Å². The zero-order valence-electron chi connectivity index (χ0n) is 17.3. The van der Waals surface area contributed by atoms with E-state index in [0.29, 0.717) is 0 Å². The summed E-state index contributed by atoms with van der Waals surface area (Å²) in [5.74, 6) is 0.199. The molecule has 0 amide bonds. The number of benzene rings is 4. The van der Waals surface area contributed by atoms with E-state index >= 15 is 0 Å². The van der Waals surface area contributed by atoms with Crippen molar-refractivity contribution in [2.45, 2.75) is 12.3 Å². The van der Waals surface area contributed by atoms with Gasteiger partial charge in [0.25, 0.3) is 0 Å². The van der Waals surface area contributed by atoms with Gasteiger partial charge in [-0.25, -0.2) is 0 Å². The summed E-state index contributed by atoms with van der Waals surface area (Å²) in [6, 6.07) is 37.2. The first-order valence-electron chi connectivity index (χ1n) is 10.9. The monoisotopic (exact) mass is 397 g/mol. The predicted molar refractivity (Wildman–Crippen MR) is 130 cm³/mol. The molecule has 1 aromatic heterocycles. The van der Waals surface area contributed by atoms with E-state index in [-0.39, 0.29) is 5.92 Å². The molecule has 0 bridgehead atoms. The molecule has 1 unspecified atom stereocenters. The van der Waals surface area contributed by atoms with Gasteiger partial charge in [-0.15, -0.1) is 0 Å². The summed E-state index contributed by atoms with van der Waals surface area (Å²) in [6.07, 6.45) is 5.62. The Labute approximate surface area is 182 Å². The van der Waals surface area contributed by atoms with Crippen LogP contribution in [0.2, 0.25) is 0 Å². The molecule has 31 heavy (non-hydrogen) atoms. The normalized spacial score (nSPS) is 13.7. The quantitative estimate of drug-likeness (QED) is 0.321. The Morgan fingerprint density at radius 3 is 2.23 bits per heavy atom. The van der Waals surface area contributed by atoms with Crippen LogP contribution < -0.4 is 0 Å². The summed E-state index contributed by atoms with van der Waals surface area (Å²) in [4.78, 5) is 3.50. The van der Waals surface area contributed by atoms with E-state index in [1.54, 1.807) is 0 Å². The molecule has 6 rings (SSSR count). The molecule has 1 nitrogen and oxygen atoms in total. The lowest BCUT2D eigenvalue weighted by atomic mass is 9.82. The number of fused-ring (bicyclic) bond motifs is 2. The minimum atomic E-state index is 0.199. The van der Waals surface area contributed by atoms with Crippen LogP contribution in [0.25, 0.3) is 27.6 Å². The maximum atomic E-state index is 3.50. The lowest BCUT2D eigenvalue weighted by Gasteiger charge is -2.21. The van der Waals surface area contributed by atoms with Crippen LogP contribution in [0.15, 0.2) is 115 Å². The number of aromatic nitrogens is 1. The van der Waals surface area contributed by atoms with Gasteiger partial charge in [-0.1, -0.05) is 103 Å². The maximum Gasteiger partial charge on any atom is 0.0457 e. The molecule has 1 atom stereocenters. The van der Waals surface area contributed by atoms with E-state index in [9.17, 15) is 0 Å². The van der Waals surface area contributed by atoms with Crippen molar-refractivity contribution in [1.82, 2.24) is 4.98 Å². The van der Waals surface area contributed by atoms with Crippen LogP contribution in [0.3, 0.4) is 0 Å². The Morgan fingerprint density at radius 2 is 1.35 bits per heavy atom. The van der Waals surface area contributed by atoms with Crippen molar-refractivity contribution in [3.63, 3.8) is 0 Å². The second kappa shape index (κ2) is 7.45. The third-order valence-corrected chi connectivity index (χ3v) is 6.46. The lowest BCUT2D eigenvalue weighted by molar-refractivity contribution is 1.06. The van der Waals surface area contributed by atoms with Gasteiger partial charge < -0.3 is 4.98 Å². The van der Waals surface area contributed by atoms with E-state index in [2.05, 4.69) is 120 Å². The fraction of sp³-hybridized carbons (Fsp3) is 0.0667. The Kier molecular flexibility index (Phi) is 4.32. The van der Waals surface area contributed by atoms with Gasteiger partial charge in [0, 0.05) is 23.0 Å². The van der Waals surface area contributed by atoms with Gasteiger partial charge in [0.05, 0.1) is 0 Å². The van der Waals surface area contributed by atoms with Crippen LogP contribution in [-0.2, 0) is 6.42 Å². The van der Waals surface area contributed by atoms with E-state index in [0.717, 1.165) is 6.42 Å². The summed E-state index contributed by atoms with van der Waals surface area (Å²) in [7, 11) is 0. The Balaban J connectivity index is 1.50. The molecule has 0 fully saturated rings. The van der Waals surface area contributed by atoms with Gasteiger partial charge in [-0.2, -0.15) is 0 Å². The van der Waals surface area contributed by atoms with Crippen molar-refractivity contribution in [2.24, 2.45) is 0 Å². The number of hydrogen-bond acceptors (Lipinski definition) is 0. The van der Waals surface area contributed by atoms with Crippen molar-refractivity contribution < 1.29 is 0 Å². The van der Waals surface area contributed by atoms with Crippen LogP contribution in [0.4, 0.5) is 0 Å². The highest BCUT2D eigenvalue weighted by atomic mass is 14.7. The Morgan fingerprint density at radius 1 is 0.645 bits per heavy atom. The lowest BCUT2D eigenvalue weighted by Crippen LogP contribution is -2.03. The number of nitrogens with one attached hydrogen (secondary N) is 1. The molecule has 1 aliphatic carbocycles. The van der Waals surface area contributed by atoms with E-state index in [1.165, 1.54) is 49.9 Å². The van der Waals surface area contributed by atoms with Crippen molar-refractivity contribution >= 4 is 16.5 Å². The van der Waals surface area contributed by atoms with E-state index in [4.69, 9.17) is 0 Å². The fourth-order valence-electron chi connectivity index (χ4n) is 4.94. The molecule has 1 aliphatic rings. The highest BCUT2D eigenvalue weighted by Gasteiger charge is 2.27. The van der Waals surface area contributed by atoms with Crippen molar-refractivity contribution in [1.29, 1.82) is 0 Å². The molecular formula is C30H23N. The summed E-state index contributed by atoms with van der Waals surface area (Å²) in [6.45, 7) is 0. The summed E-state index contributed by atoms with van der Waals surface area (Å²) in [5.41, 5.74) is 10.6. The van der Waals surface area contributed by atoms with Crippen LogP contribution in [-0.4, -0.2) is 4.98 Å². The second-order valence-corrected chi connectivity index (χ2v) is 8.23. The number of hydrogen-bond donors (Lipinski definition) is 1. The Bertz CT molecular complexity index is 1390. The molecule has 0 aliphatic heterocycles. The number of para-hydroxylation sites is 1. The van der Waals surface area contributed by atoms with Gasteiger partial charge in [0.15, 0.2) is 0 Å². The molecule has 1 N–H and O–H groups in total. The predicted octanol–water partition coefficient (Wildman–Crippen LogP) is 7.61. The first-order chi connectivity index (χ1) is 15.4. The van der Waals surface area contributed by atoms with Gasteiger partial charge in [-0.3, -0.25) is 0 Å². The molecule has 0 radical (unpaired) electrons. The standard InChI is InChI=1S/C30H23N/c1-2-8-21(9-3-1)22-14-16-24(17-15-22)30(27-19-18-23-10-4-5-11-25(23)27)28-20-31-29-13-7-6-12-26(28)29/h1-17,19-20,30-31H,18H2. The van der Waals surface area contributed by atoms with Crippen molar-refractivity contribution in [3.05, 3.63) is 138 Å². The van der Waals surface area contributed by atoms with Crippen LogP contribution in [0, 0.1) is 0 Å². The SMILES string of the molecule is C1=C(C(c2ccc(-c3ccccc3)cc2)c2c[nH]c3ccccc23)c2ccccc2C1. The third-order valence-electron chi connectivity index (χ3n) is 6.46. The largest absolute Gasteiger partial charge is 0.361 e. The average Bonchev–Trinajstić information content (AvgIpc) is 3.46. The van der Waals surface area contributed by atoms with Crippen LogP contribution >= 0.6 is 0 Å². The third kappa shape index (κ3) is 3.10.